The number of hydrogen-bond donors (Lipinski definition) is 1. The van der Waals surface area contributed by atoms with E-state index in [4.69, 9.17) is 17.3 Å². The predicted octanol–water partition coefficient (Wildman–Crippen LogP) is 1.74. The highest BCUT2D eigenvalue weighted by atomic mass is 35.5. The van der Waals surface area contributed by atoms with Crippen molar-refractivity contribution in [1.29, 1.82) is 0 Å². The van der Waals surface area contributed by atoms with Crippen LogP contribution in [0.4, 0.5) is 5.88 Å². The van der Waals surface area contributed by atoms with Crippen LogP contribution in [-0.2, 0) is 9.84 Å². The zero-order valence-electron chi connectivity index (χ0n) is 7.92. The molecule has 2 rings (SSSR count). The van der Waals surface area contributed by atoms with Crippen LogP contribution in [0.25, 0.3) is 0 Å². The van der Waals surface area contributed by atoms with Gasteiger partial charge < -0.3 is 10.3 Å². The smallest absolute Gasteiger partial charge is 0.241 e. The number of nitrogens with zero attached hydrogens (tertiary/aromatic N) is 1. The van der Waals surface area contributed by atoms with Gasteiger partial charge in [0.2, 0.25) is 15.7 Å². The maximum absolute atomic E-state index is 12.0. The third kappa shape index (κ3) is 1.77. The van der Waals surface area contributed by atoms with Crippen LogP contribution in [0.3, 0.4) is 0 Å². The van der Waals surface area contributed by atoms with Gasteiger partial charge >= 0.3 is 0 Å². The van der Waals surface area contributed by atoms with Gasteiger partial charge in [-0.15, -0.1) is 0 Å². The first-order valence-corrected chi connectivity index (χ1v) is 6.09. The summed E-state index contributed by atoms with van der Waals surface area (Å²) < 4.78 is 28.5. The molecule has 0 spiro atoms. The van der Waals surface area contributed by atoms with Crippen LogP contribution in [-0.4, -0.2) is 13.6 Å². The molecule has 7 heteroatoms. The SMILES string of the molecule is Nc1oncc1S(=O)(=O)c1ccc(Cl)cc1. The van der Waals surface area contributed by atoms with Crippen molar-refractivity contribution >= 4 is 27.3 Å². The fourth-order valence-corrected chi connectivity index (χ4v) is 2.54. The van der Waals surface area contributed by atoms with E-state index in [0.717, 1.165) is 6.20 Å². The fourth-order valence-electron chi connectivity index (χ4n) is 1.18. The van der Waals surface area contributed by atoms with Gasteiger partial charge in [0.25, 0.3) is 0 Å². The van der Waals surface area contributed by atoms with Gasteiger partial charge in [-0.3, -0.25) is 0 Å². The van der Waals surface area contributed by atoms with E-state index < -0.39 is 9.84 Å². The molecule has 0 saturated heterocycles. The Kier molecular flexibility index (Phi) is 2.61. The van der Waals surface area contributed by atoms with Crippen LogP contribution in [0.1, 0.15) is 0 Å². The molecule has 0 amide bonds. The number of hydrogen-bond acceptors (Lipinski definition) is 5. The lowest BCUT2D eigenvalue weighted by Crippen LogP contribution is -2.03. The normalized spacial score (nSPS) is 11.6. The molecule has 1 aromatic carbocycles. The molecule has 2 aromatic rings. The monoisotopic (exact) mass is 258 g/mol. The van der Waals surface area contributed by atoms with E-state index in [1.54, 1.807) is 0 Å². The summed E-state index contributed by atoms with van der Waals surface area (Å²) in [4.78, 5) is -0.0541. The molecule has 0 unspecified atom stereocenters. The second kappa shape index (κ2) is 3.80. The number of nitrogens with two attached hydrogens (primary N) is 1. The van der Waals surface area contributed by atoms with Gasteiger partial charge in [-0.1, -0.05) is 16.8 Å². The fraction of sp³-hybridized carbons (Fsp3) is 0. The zero-order chi connectivity index (χ0) is 11.8. The van der Waals surface area contributed by atoms with Crippen LogP contribution < -0.4 is 5.73 Å². The van der Waals surface area contributed by atoms with Crippen LogP contribution in [0, 0.1) is 0 Å². The van der Waals surface area contributed by atoms with Crippen molar-refractivity contribution in [2.75, 3.05) is 5.73 Å². The molecule has 1 heterocycles. The van der Waals surface area contributed by atoms with Gasteiger partial charge in [-0.25, -0.2) is 8.42 Å². The molecule has 0 bridgehead atoms. The minimum absolute atomic E-state index is 0.0896. The highest BCUT2D eigenvalue weighted by Crippen LogP contribution is 2.26. The van der Waals surface area contributed by atoms with Gasteiger partial charge in [-0.05, 0) is 24.3 Å². The van der Waals surface area contributed by atoms with Crippen molar-refractivity contribution < 1.29 is 12.9 Å². The molecule has 16 heavy (non-hydrogen) atoms. The van der Waals surface area contributed by atoms with E-state index in [-0.39, 0.29) is 15.7 Å². The third-order valence-corrected chi connectivity index (χ3v) is 4.01. The minimum atomic E-state index is -3.68. The average molecular weight is 259 g/mol. The summed E-state index contributed by atoms with van der Waals surface area (Å²) in [6.45, 7) is 0. The van der Waals surface area contributed by atoms with Crippen molar-refractivity contribution in [2.45, 2.75) is 9.79 Å². The number of anilines is 1. The molecule has 0 atom stereocenters. The molecule has 0 radical (unpaired) electrons. The summed E-state index contributed by atoms with van der Waals surface area (Å²) in [5, 5.41) is 3.78. The molecule has 0 aliphatic heterocycles. The molecule has 0 aliphatic rings. The van der Waals surface area contributed by atoms with E-state index in [9.17, 15) is 8.42 Å². The Balaban J connectivity index is 2.56. The maximum Gasteiger partial charge on any atom is 0.241 e. The topological polar surface area (TPSA) is 86.2 Å². The first kappa shape index (κ1) is 11.0. The van der Waals surface area contributed by atoms with Gasteiger partial charge in [0, 0.05) is 5.02 Å². The number of nitrogen functional groups attached to an aromatic ring is 1. The van der Waals surface area contributed by atoms with Gasteiger partial charge in [0.1, 0.15) is 0 Å². The van der Waals surface area contributed by atoms with E-state index >= 15 is 0 Å². The van der Waals surface area contributed by atoms with Crippen LogP contribution in [0.5, 0.6) is 0 Å². The van der Waals surface area contributed by atoms with Crippen molar-refractivity contribution in [3.05, 3.63) is 35.5 Å². The number of rotatable bonds is 2. The van der Waals surface area contributed by atoms with E-state index in [1.165, 1.54) is 24.3 Å². The van der Waals surface area contributed by atoms with Crippen LogP contribution in [0.2, 0.25) is 5.02 Å². The Bertz CT molecular complexity index is 604. The van der Waals surface area contributed by atoms with E-state index in [1.807, 2.05) is 0 Å². The Morgan fingerprint density at radius 1 is 1.25 bits per heavy atom. The molecular weight excluding hydrogens is 252 g/mol. The van der Waals surface area contributed by atoms with Gasteiger partial charge in [-0.2, -0.15) is 0 Å². The van der Waals surface area contributed by atoms with Crippen LogP contribution >= 0.6 is 11.6 Å². The lowest BCUT2D eigenvalue weighted by Gasteiger charge is -2.01. The van der Waals surface area contributed by atoms with Gasteiger partial charge in [0.15, 0.2) is 4.90 Å². The molecule has 2 N–H and O–H groups in total. The van der Waals surface area contributed by atoms with Gasteiger partial charge in [0.05, 0.1) is 11.1 Å². The summed E-state index contributed by atoms with van der Waals surface area (Å²) >= 11 is 5.67. The maximum atomic E-state index is 12.0. The van der Waals surface area contributed by atoms with Crippen molar-refractivity contribution in [3.8, 4) is 0 Å². The molecular formula is C9H7ClN2O3S. The van der Waals surface area contributed by atoms with Crippen LogP contribution in [0.15, 0.2) is 44.8 Å². The number of halogens is 1. The standard InChI is InChI=1S/C9H7ClN2O3S/c10-6-1-3-7(4-2-6)16(13,14)8-5-12-15-9(8)11/h1-5H,11H2. The molecule has 0 saturated carbocycles. The molecule has 1 aromatic heterocycles. The Hall–Kier alpha value is -1.53. The van der Waals surface area contributed by atoms with Crippen molar-refractivity contribution in [2.24, 2.45) is 0 Å². The lowest BCUT2D eigenvalue weighted by molar-refractivity contribution is 0.435. The Morgan fingerprint density at radius 2 is 1.88 bits per heavy atom. The summed E-state index contributed by atoms with van der Waals surface area (Å²) in [5.41, 5.74) is 5.36. The molecule has 0 aliphatic carbocycles. The second-order valence-corrected chi connectivity index (χ2v) is 5.37. The average Bonchev–Trinajstić information content (AvgIpc) is 2.66. The molecule has 5 nitrogen and oxygen atoms in total. The van der Waals surface area contributed by atoms with Crippen molar-refractivity contribution in [3.63, 3.8) is 0 Å². The lowest BCUT2D eigenvalue weighted by atomic mass is 10.4. The zero-order valence-corrected chi connectivity index (χ0v) is 9.49. The summed E-state index contributed by atoms with van der Waals surface area (Å²) in [5.74, 6) is -0.227. The molecule has 84 valence electrons. The third-order valence-electron chi connectivity index (χ3n) is 1.98. The second-order valence-electron chi connectivity index (χ2n) is 3.01. The quantitative estimate of drug-likeness (QED) is 0.887. The minimum Gasteiger partial charge on any atom is -0.366 e. The highest BCUT2D eigenvalue weighted by Gasteiger charge is 2.23. The van der Waals surface area contributed by atoms with E-state index in [2.05, 4.69) is 9.68 Å². The highest BCUT2D eigenvalue weighted by molar-refractivity contribution is 7.91. The first-order valence-electron chi connectivity index (χ1n) is 4.22. The van der Waals surface area contributed by atoms with Crippen molar-refractivity contribution in [1.82, 2.24) is 5.16 Å². The molecule has 0 fully saturated rings. The Labute approximate surface area is 96.7 Å². The number of benzene rings is 1. The summed E-state index contributed by atoms with van der Waals surface area (Å²) in [6.07, 6.45) is 1.07. The first-order chi connectivity index (χ1) is 7.51. The number of sulfone groups is 1. The number of aromatic nitrogens is 1. The largest absolute Gasteiger partial charge is 0.366 e. The summed E-state index contributed by atoms with van der Waals surface area (Å²) in [7, 11) is -3.68. The Morgan fingerprint density at radius 3 is 2.38 bits per heavy atom. The summed E-state index contributed by atoms with van der Waals surface area (Å²) in [6, 6.07) is 5.75. The van der Waals surface area contributed by atoms with E-state index in [0.29, 0.717) is 5.02 Å². The predicted molar refractivity (Wildman–Crippen MR) is 57.8 cm³/mol.